The van der Waals surface area contributed by atoms with Crippen LogP contribution >= 0.6 is 0 Å². The largest absolute Gasteiger partial charge is 0.393 e. The molecule has 0 radical (unpaired) electrons. The van der Waals surface area contributed by atoms with Gasteiger partial charge >= 0.3 is 0 Å². The highest BCUT2D eigenvalue weighted by atomic mass is 16.3. The number of hydrogen-bond donors (Lipinski definition) is 2. The molecule has 1 saturated heterocycles. The van der Waals surface area contributed by atoms with E-state index in [1.54, 1.807) is 4.90 Å². The summed E-state index contributed by atoms with van der Waals surface area (Å²) in [6.07, 6.45) is 3.97. The first-order valence-corrected chi connectivity index (χ1v) is 9.30. The first-order chi connectivity index (χ1) is 11.9. The van der Waals surface area contributed by atoms with E-state index in [-0.39, 0.29) is 29.9 Å². The van der Waals surface area contributed by atoms with Gasteiger partial charge in [-0.15, -0.1) is 0 Å². The van der Waals surface area contributed by atoms with Gasteiger partial charge in [0, 0.05) is 24.7 Å². The minimum Gasteiger partial charge on any atom is -0.393 e. The van der Waals surface area contributed by atoms with Gasteiger partial charge in [-0.05, 0) is 69.2 Å². The number of benzene rings is 1. The van der Waals surface area contributed by atoms with E-state index in [0.29, 0.717) is 19.4 Å². The molecule has 0 bridgehead atoms. The molecule has 1 heterocycles. The van der Waals surface area contributed by atoms with Crippen molar-refractivity contribution in [1.82, 2.24) is 5.32 Å². The molecular formula is C20H28N2O3. The predicted octanol–water partition coefficient (Wildman–Crippen LogP) is 2.47. The Morgan fingerprint density at radius 1 is 1.12 bits per heavy atom. The number of carbonyl (C=O) groups is 2. The molecule has 1 unspecified atom stereocenters. The number of piperidine rings is 1. The van der Waals surface area contributed by atoms with Crippen molar-refractivity contribution in [3.05, 3.63) is 29.3 Å². The van der Waals surface area contributed by atoms with E-state index in [1.165, 1.54) is 5.56 Å². The van der Waals surface area contributed by atoms with Crippen LogP contribution in [0.3, 0.4) is 0 Å². The van der Waals surface area contributed by atoms with Crippen LogP contribution in [0.1, 0.15) is 49.7 Å². The first kappa shape index (κ1) is 17.9. The maximum Gasteiger partial charge on any atom is 0.227 e. The summed E-state index contributed by atoms with van der Waals surface area (Å²) in [5.41, 5.74) is 3.23. The van der Waals surface area contributed by atoms with Gasteiger partial charge in [0.05, 0.1) is 12.0 Å². The van der Waals surface area contributed by atoms with Gasteiger partial charge in [0.25, 0.3) is 0 Å². The average Bonchev–Trinajstić information content (AvgIpc) is 2.60. The van der Waals surface area contributed by atoms with E-state index in [2.05, 4.69) is 12.2 Å². The van der Waals surface area contributed by atoms with Gasteiger partial charge in [-0.25, -0.2) is 0 Å². The number of rotatable bonds is 3. The second-order valence-electron chi connectivity index (χ2n) is 7.52. The van der Waals surface area contributed by atoms with Gasteiger partial charge in [0.2, 0.25) is 11.8 Å². The van der Waals surface area contributed by atoms with Crippen molar-refractivity contribution >= 4 is 17.5 Å². The number of aryl methyl sites for hydroxylation is 2. The van der Waals surface area contributed by atoms with E-state index in [9.17, 15) is 14.7 Å². The predicted molar refractivity (Wildman–Crippen MR) is 97.4 cm³/mol. The lowest BCUT2D eigenvalue weighted by atomic mass is 9.91. The summed E-state index contributed by atoms with van der Waals surface area (Å²) < 4.78 is 0. The SMILES string of the molecule is Cc1ccc(N2CC(C(=O)NC3CCC(O)CC3)CCC2=O)cc1C. The zero-order valence-electron chi connectivity index (χ0n) is 15.1. The highest BCUT2D eigenvalue weighted by molar-refractivity contribution is 5.96. The molecule has 2 fully saturated rings. The molecule has 1 aromatic rings. The van der Waals surface area contributed by atoms with E-state index < -0.39 is 0 Å². The molecule has 2 amide bonds. The normalized spacial score (nSPS) is 27.2. The Labute approximate surface area is 149 Å². The lowest BCUT2D eigenvalue weighted by molar-refractivity contribution is -0.128. The van der Waals surface area contributed by atoms with Crippen molar-refractivity contribution in [2.24, 2.45) is 5.92 Å². The fourth-order valence-corrected chi connectivity index (χ4v) is 3.74. The van der Waals surface area contributed by atoms with Gasteiger partial charge < -0.3 is 15.3 Å². The Kier molecular flexibility index (Phi) is 5.42. The van der Waals surface area contributed by atoms with E-state index in [1.807, 2.05) is 25.1 Å². The van der Waals surface area contributed by atoms with E-state index in [4.69, 9.17) is 0 Å². The Balaban J connectivity index is 1.64. The van der Waals surface area contributed by atoms with E-state index >= 15 is 0 Å². The number of hydrogen-bond acceptors (Lipinski definition) is 3. The summed E-state index contributed by atoms with van der Waals surface area (Å²) in [5, 5.41) is 12.7. The molecule has 1 saturated carbocycles. The zero-order valence-corrected chi connectivity index (χ0v) is 15.1. The third-order valence-electron chi connectivity index (χ3n) is 5.63. The van der Waals surface area contributed by atoms with Gasteiger partial charge in [-0.2, -0.15) is 0 Å². The molecule has 0 aromatic heterocycles. The standard InChI is InChI=1S/C20H28N2O3/c1-13-3-7-17(11-14(13)2)22-12-15(4-10-19(22)24)20(25)21-16-5-8-18(23)9-6-16/h3,7,11,15-16,18,23H,4-6,8-10,12H2,1-2H3,(H,21,25). The van der Waals surface area contributed by atoms with Gasteiger partial charge in [0.15, 0.2) is 0 Å². The second-order valence-corrected chi connectivity index (χ2v) is 7.52. The van der Waals surface area contributed by atoms with Crippen molar-refractivity contribution in [2.45, 2.75) is 64.5 Å². The highest BCUT2D eigenvalue weighted by Gasteiger charge is 2.32. The smallest absolute Gasteiger partial charge is 0.227 e. The molecule has 5 nitrogen and oxygen atoms in total. The Morgan fingerprint density at radius 3 is 2.52 bits per heavy atom. The first-order valence-electron chi connectivity index (χ1n) is 9.30. The number of nitrogens with one attached hydrogen (secondary N) is 1. The molecule has 136 valence electrons. The van der Waals surface area contributed by atoms with Crippen LogP contribution in [-0.4, -0.2) is 35.6 Å². The summed E-state index contributed by atoms with van der Waals surface area (Å²) >= 11 is 0. The van der Waals surface area contributed by atoms with Crippen molar-refractivity contribution in [3.8, 4) is 0 Å². The average molecular weight is 344 g/mol. The lowest BCUT2D eigenvalue weighted by Gasteiger charge is -2.34. The summed E-state index contributed by atoms with van der Waals surface area (Å²) in [6, 6.07) is 6.16. The van der Waals surface area contributed by atoms with Crippen LogP contribution in [0, 0.1) is 19.8 Å². The maximum atomic E-state index is 12.6. The molecule has 0 spiro atoms. The van der Waals surface area contributed by atoms with Crippen LogP contribution in [0.4, 0.5) is 5.69 Å². The van der Waals surface area contributed by atoms with Crippen LogP contribution in [0.2, 0.25) is 0 Å². The maximum absolute atomic E-state index is 12.6. The monoisotopic (exact) mass is 344 g/mol. The van der Waals surface area contributed by atoms with Crippen molar-refractivity contribution in [3.63, 3.8) is 0 Å². The number of aliphatic hydroxyl groups is 1. The topological polar surface area (TPSA) is 69.6 Å². The van der Waals surface area contributed by atoms with E-state index in [0.717, 1.165) is 36.9 Å². The quantitative estimate of drug-likeness (QED) is 0.885. The summed E-state index contributed by atoms with van der Waals surface area (Å²) in [7, 11) is 0. The zero-order chi connectivity index (χ0) is 18.0. The number of anilines is 1. The molecule has 1 aliphatic carbocycles. The molecule has 5 heteroatoms. The number of carbonyl (C=O) groups excluding carboxylic acids is 2. The number of aliphatic hydroxyl groups excluding tert-OH is 1. The minimum atomic E-state index is -0.222. The Morgan fingerprint density at radius 2 is 1.84 bits per heavy atom. The minimum absolute atomic E-state index is 0.0442. The van der Waals surface area contributed by atoms with Crippen LogP contribution < -0.4 is 10.2 Å². The third kappa shape index (κ3) is 4.21. The Hall–Kier alpha value is -1.88. The van der Waals surface area contributed by atoms with Crippen molar-refractivity contribution in [1.29, 1.82) is 0 Å². The summed E-state index contributed by atoms with van der Waals surface area (Å²) in [6.45, 7) is 4.53. The van der Waals surface area contributed by atoms with Crippen LogP contribution in [0.25, 0.3) is 0 Å². The van der Waals surface area contributed by atoms with Crippen LogP contribution in [0.15, 0.2) is 18.2 Å². The Bertz CT molecular complexity index is 650. The second kappa shape index (κ2) is 7.56. The van der Waals surface area contributed by atoms with Gasteiger partial charge in [-0.3, -0.25) is 9.59 Å². The molecule has 1 atom stereocenters. The molecule has 2 aliphatic rings. The lowest BCUT2D eigenvalue weighted by Crippen LogP contribution is -2.48. The van der Waals surface area contributed by atoms with Gasteiger partial charge in [0.1, 0.15) is 0 Å². The molecule has 2 N–H and O–H groups in total. The fourth-order valence-electron chi connectivity index (χ4n) is 3.74. The van der Waals surface area contributed by atoms with Gasteiger partial charge in [-0.1, -0.05) is 6.07 Å². The number of amides is 2. The van der Waals surface area contributed by atoms with Crippen molar-refractivity contribution in [2.75, 3.05) is 11.4 Å². The third-order valence-corrected chi connectivity index (χ3v) is 5.63. The molecule has 3 rings (SSSR count). The summed E-state index contributed by atoms with van der Waals surface area (Å²) in [5.74, 6) is -0.0259. The van der Waals surface area contributed by atoms with Crippen LogP contribution in [-0.2, 0) is 9.59 Å². The molecule has 1 aliphatic heterocycles. The molecular weight excluding hydrogens is 316 g/mol. The van der Waals surface area contributed by atoms with Crippen LogP contribution in [0.5, 0.6) is 0 Å². The molecule has 25 heavy (non-hydrogen) atoms. The fraction of sp³-hybridized carbons (Fsp3) is 0.600. The molecule has 1 aromatic carbocycles. The highest BCUT2D eigenvalue weighted by Crippen LogP contribution is 2.27. The van der Waals surface area contributed by atoms with Crippen molar-refractivity contribution < 1.29 is 14.7 Å². The summed E-state index contributed by atoms with van der Waals surface area (Å²) in [4.78, 5) is 26.7. The number of nitrogens with zero attached hydrogens (tertiary/aromatic N) is 1.